The van der Waals surface area contributed by atoms with Crippen molar-refractivity contribution in [3.05, 3.63) is 18.2 Å². The highest BCUT2D eigenvalue weighted by Gasteiger charge is 2.41. The quantitative estimate of drug-likeness (QED) is 0.673. The van der Waals surface area contributed by atoms with Gasteiger partial charge >= 0.3 is 0 Å². The fourth-order valence-electron chi connectivity index (χ4n) is 2.49. The van der Waals surface area contributed by atoms with Crippen molar-refractivity contribution in [3.8, 4) is 0 Å². The Labute approximate surface area is 121 Å². The fraction of sp³-hybridized carbons (Fsp3) is 0.571. The van der Waals surface area contributed by atoms with Crippen LogP contribution in [0.4, 0.5) is 11.4 Å². The number of hydrogen-bond donors (Lipinski definition) is 3. The molecule has 1 saturated carbocycles. The van der Waals surface area contributed by atoms with E-state index in [-0.39, 0.29) is 4.90 Å². The lowest BCUT2D eigenvalue weighted by molar-refractivity contribution is 0.486. The molecule has 1 aliphatic carbocycles. The zero-order valence-corrected chi connectivity index (χ0v) is 12.9. The third-order valence-corrected chi connectivity index (χ3v) is 5.41. The largest absolute Gasteiger partial charge is 0.397 e. The van der Waals surface area contributed by atoms with Gasteiger partial charge in [0.15, 0.2) is 0 Å². The summed E-state index contributed by atoms with van der Waals surface area (Å²) in [6, 6.07) is 4.80. The predicted octanol–water partition coefficient (Wildman–Crippen LogP) is 2.17. The van der Waals surface area contributed by atoms with E-state index < -0.39 is 10.0 Å². The van der Waals surface area contributed by atoms with Crippen molar-refractivity contribution in [2.75, 3.05) is 24.6 Å². The molecule has 0 saturated heterocycles. The van der Waals surface area contributed by atoms with Gasteiger partial charge < -0.3 is 11.1 Å². The number of sulfonamides is 1. The van der Waals surface area contributed by atoms with E-state index in [1.54, 1.807) is 12.1 Å². The number of benzene rings is 1. The monoisotopic (exact) mass is 297 g/mol. The van der Waals surface area contributed by atoms with E-state index >= 15 is 0 Å². The van der Waals surface area contributed by atoms with Crippen molar-refractivity contribution in [3.63, 3.8) is 0 Å². The molecule has 0 spiro atoms. The molecule has 0 radical (unpaired) electrons. The summed E-state index contributed by atoms with van der Waals surface area (Å²) in [5.74, 6) is 0. The summed E-state index contributed by atoms with van der Waals surface area (Å²) in [6.07, 6.45) is 4.95. The number of nitrogens with one attached hydrogen (secondary N) is 2. The Kier molecular flexibility index (Phi) is 4.25. The minimum atomic E-state index is -3.43. The second-order valence-electron chi connectivity index (χ2n) is 5.56. The summed E-state index contributed by atoms with van der Waals surface area (Å²) in [4.78, 5) is 0.192. The first-order chi connectivity index (χ1) is 9.42. The molecule has 0 heterocycles. The van der Waals surface area contributed by atoms with E-state index in [0.29, 0.717) is 11.1 Å². The van der Waals surface area contributed by atoms with Crippen LogP contribution in [0.3, 0.4) is 0 Å². The molecule has 4 N–H and O–H groups in total. The lowest BCUT2D eigenvalue weighted by atomic mass is 10.0. The second kappa shape index (κ2) is 5.61. The minimum Gasteiger partial charge on any atom is -0.397 e. The molecule has 1 aliphatic rings. The topological polar surface area (TPSA) is 84.2 Å². The third-order valence-electron chi connectivity index (χ3n) is 3.99. The van der Waals surface area contributed by atoms with Gasteiger partial charge in [-0.05, 0) is 49.9 Å². The van der Waals surface area contributed by atoms with Gasteiger partial charge in [0.2, 0.25) is 10.0 Å². The zero-order valence-electron chi connectivity index (χ0n) is 12.1. The molecular formula is C14H23N3O2S. The highest BCUT2D eigenvalue weighted by atomic mass is 32.2. The first-order valence-corrected chi connectivity index (χ1v) is 8.48. The third kappa shape index (κ3) is 3.24. The Morgan fingerprint density at radius 1 is 1.35 bits per heavy atom. The molecule has 0 aliphatic heterocycles. The van der Waals surface area contributed by atoms with Crippen molar-refractivity contribution < 1.29 is 8.42 Å². The zero-order chi connectivity index (χ0) is 14.8. The Hall–Kier alpha value is -1.27. The molecule has 1 aromatic carbocycles. The van der Waals surface area contributed by atoms with E-state index in [1.165, 1.54) is 38.8 Å². The summed E-state index contributed by atoms with van der Waals surface area (Å²) >= 11 is 0. The number of rotatable bonds is 7. The van der Waals surface area contributed by atoms with E-state index in [4.69, 9.17) is 5.73 Å². The van der Waals surface area contributed by atoms with Gasteiger partial charge in [0, 0.05) is 6.54 Å². The molecule has 0 aromatic heterocycles. The van der Waals surface area contributed by atoms with Crippen LogP contribution in [-0.2, 0) is 10.0 Å². The SMILES string of the molecule is CCCC1(CNc2ccc(S(=O)(=O)NC)cc2N)CC1. The van der Waals surface area contributed by atoms with Gasteiger partial charge in [0.1, 0.15) is 0 Å². The van der Waals surface area contributed by atoms with Gasteiger partial charge in [0.05, 0.1) is 16.3 Å². The highest BCUT2D eigenvalue weighted by molar-refractivity contribution is 7.89. The number of nitrogen functional groups attached to an aromatic ring is 1. The Bertz CT molecular complexity index is 580. The fourth-order valence-corrected chi connectivity index (χ4v) is 3.26. The molecule has 0 atom stereocenters. The van der Waals surface area contributed by atoms with Crippen LogP contribution >= 0.6 is 0 Å². The van der Waals surface area contributed by atoms with Gasteiger partial charge in [-0.2, -0.15) is 0 Å². The van der Waals surface area contributed by atoms with Crippen LogP contribution in [0, 0.1) is 5.41 Å². The first kappa shape index (κ1) is 15.1. The van der Waals surface area contributed by atoms with E-state index in [2.05, 4.69) is 17.0 Å². The summed E-state index contributed by atoms with van der Waals surface area (Å²) in [7, 11) is -2.05. The van der Waals surface area contributed by atoms with Crippen LogP contribution in [0.2, 0.25) is 0 Å². The van der Waals surface area contributed by atoms with Gasteiger partial charge in [-0.1, -0.05) is 13.3 Å². The summed E-state index contributed by atoms with van der Waals surface area (Å²) in [5.41, 5.74) is 7.64. The molecular weight excluding hydrogens is 274 g/mol. The molecule has 6 heteroatoms. The van der Waals surface area contributed by atoms with Crippen LogP contribution < -0.4 is 15.8 Å². The maximum atomic E-state index is 11.7. The van der Waals surface area contributed by atoms with Crippen molar-refractivity contribution in [2.24, 2.45) is 5.41 Å². The average molecular weight is 297 g/mol. The highest BCUT2D eigenvalue weighted by Crippen LogP contribution is 2.49. The van der Waals surface area contributed by atoms with E-state index in [1.807, 2.05) is 0 Å². The standard InChI is InChI=1S/C14H23N3O2S/c1-3-6-14(7-8-14)10-17-13-5-4-11(9-12(13)15)20(18,19)16-2/h4-5,9,16-17H,3,6-8,10,15H2,1-2H3. The number of anilines is 2. The van der Waals surface area contributed by atoms with E-state index in [0.717, 1.165) is 12.2 Å². The molecule has 0 bridgehead atoms. The van der Waals surface area contributed by atoms with Crippen molar-refractivity contribution in [2.45, 2.75) is 37.5 Å². The second-order valence-corrected chi connectivity index (χ2v) is 7.45. The van der Waals surface area contributed by atoms with Crippen LogP contribution in [0.1, 0.15) is 32.6 Å². The maximum Gasteiger partial charge on any atom is 0.240 e. The Morgan fingerprint density at radius 3 is 2.55 bits per heavy atom. The van der Waals surface area contributed by atoms with Crippen molar-refractivity contribution in [1.29, 1.82) is 0 Å². The lowest BCUT2D eigenvalue weighted by Crippen LogP contribution is -2.19. The first-order valence-electron chi connectivity index (χ1n) is 6.99. The maximum absolute atomic E-state index is 11.7. The molecule has 20 heavy (non-hydrogen) atoms. The molecule has 1 aromatic rings. The Balaban J connectivity index is 2.07. The van der Waals surface area contributed by atoms with Crippen molar-refractivity contribution >= 4 is 21.4 Å². The molecule has 0 unspecified atom stereocenters. The smallest absolute Gasteiger partial charge is 0.240 e. The van der Waals surface area contributed by atoms with Gasteiger partial charge in [0.25, 0.3) is 0 Å². The van der Waals surface area contributed by atoms with Crippen LogP contribution in [0.5, 0.6) is 0 Å². The Morgan fingerprint density at radius 2 is 2.05 bits per heavy atom. The van der Waals surface area contributed by atoms with Crippen LogP contribution in [0.25, 0.3) is 0 Å². The van der Waals surface area contributed by atoms with Gasteiger partial charge in [-0.25, -0.2) is 13.1 Å². The van der Waals surface area contributed by atoms with Crippen LogP contribution in [0.15, 0.2) is 23.1 Å². The lowest BCUT2D eigenvalue weighted by Gasteiger charge is -2.17. The molecule has 5 nitrogen and oxygen atoms in total. The van der Waals surface area contributed by atoms with E-state index in [9.17, 15) is 8.42 Å². The predicted molar refractivity (Wildman–Crippen MR) is 82.2 cm³/mol. The summed E-state index contributed by atoms with van der Waals surface area (Å²) in [5, 5.41) is 3.36. The molecule has 112 valence electrons. The average Bonchev–Trinajstić information content (AvgIpc) is 3.18. The van der Waals surface area contributed by atoms with Gasteiger partial charge in [-0.15, -0.1) is 0 Å². The molecule has 1 fully saturated rings. The number of nitrogens with two attached hydrogens (primary N) is 1. The van der Waals surface area contributed by atoms with Crippen LogP contribution in [-0.4, -0.2) is 22.0 Å². The summed E-state index contributed by atoms with van der Waals surface area (Å²) in [6.45, 7) is 3.11. The van der Waals surface area contributed by atoms with Gasteiger partial charge in [-0.3, -0.25) is 0 Å². The van der Waals surface area contributed by atoms with Crippen molar-refractivity contribution in [1.82, 2.24) is 4.72 Å². The summed E-state index contributed by atoms with van der Waals surface area (Å²) < 4.78 is 25.7. The minimum absolute atomic E-state index is 0.192. The molecule has 2 rings (SSSR count). The molecule has 0 amide bonds. The normalized spacial score (nSPS) is 16.9. The number of hydrogen-bond acceptors (Lipinski definition) is 4.